The Kier molecular flexibility index (Phi) is 4.14. The number of halogens is 1. The van der Waals surface area contributed by atoms with Gasteiger partial charge in [-0.25, -0.2) is 9.37 Å². The molecule has 0 N–H and O–H groups in total. The van der Waals surface area contributed by atoms with Crippen LogP contribution in [0.5, 0.6) is 0 Å². The fraction of sp³-hybridized carbons (Fsp3) is 0.429. The third kappa shape index (κ3) is 3.10. The minimum atomic E-state index is -0.278. The van der Waals surface area contributed by atoms with E-state index in [2.05, 4.69) is 4.98 Å². The van der Waals surface area contributed by atoms with E-state index in [0.717, 1.165) is 10.2 Å². The molecule has 0 unspecified atom stereocenters. The molecule has 0 saturated carbocycles. The quantitative estimate of drug-likeness (QED) is 0.852. The van der Waals surface area contributed by atoms with E-state index in [4.69, 9.17) is 0 Å². The Labute approximate surface area is 116 Å². The summed E-state index contributed by atoms with van der Waals surface area (Å²) in [5.41, 5.74) is 0.734. The molecule has 0 aliphatic rings. The fourth-order valence-corrected chi connectivity index (χ4v) is 2.95. The molecule has 0 aliphatic carbocycles. The van der Waals surface area contributed by atoms with Gasteiger partial charge in [-0.15, -0.1) is 0 Å². The van der Waals surface area contributed by atoms with Gasteiger partial charge in [0.25, 0.3) is 0 Å². The van der Waals surface area contributed by atoms with Gasteiger partial charge < -0.3 is 0 Å². The molecule has 0 fully saturated rings. The lowest BCUT2D eigenvalue weighted by Gasteiger charge is -2.18. The molecule has 3 nitrogen and oxygen atoms in total. The Hall–Kier alpha value is -1.49. The van der Waals surface area contributed by atoms with Crippen molar-refractivity contribution in [3.8, 4) is 0 Å². The van der Waals surface area contributed by atoms with Crippen LogP contribution >= 0.6 is 11.3 Å². The Morgan fingerprint density at radius 2 is 2.21 bits per heavy atom. The zero-order valence-corrected chi connectivity index (χ0v) is 12.1. The number of anilines is 1. The van der Waals surface area contributed by atoms with Gasteiger partial charge in [0.05, 0.1) is 10.2 Å². The maximum absolute atomic E-state index is 13.2. The first kappa shape index (κ1) is 13.9. The minimum Gasteiger partial charge on any atom is -0.288 e. The molecule has 19 heavy (non-hydrogen) atoms. The second kappa shape index (κ2) is 5.65. The van der Waals surface area contributed by atoms with E-state index in [1.165, 1.54) is 23.5 Å². The first-order chi connectivity index (χ1) is 9.01. The number of benzene rings is 1. The fourth-order valence-electron chi connectivity index (χ4n) is 1.88. The molecule has 1 aromatic heterocycles. The lowest BCUT2D eigenvalue weighted by Crippen LogP contribution is -2.31. The van der Waals surface area contributed by atoms with Crippen molar-refractivity contribution in [3.05, 3.63) is 24.0 Å². The first-order valence-corrected chi connectivity index (χ1v) is 7.19. The summed E-state index contributed by atoms with van der Waals surface area (Å²) in [5.74, 6) is 0.102. The molecule has 102 valence electrons. The molecule has 0 aliphatic heterocycles. The van der Waals surface area contributed by atoms with Gasteiger partial charge in [-0.1, -0.05) is 25.2 Å². The van der Waals surface area contributed by atoms with Crippen molar-refractivity contribution < 1.29 is 9.18 Å². The largest absolute Gasteiger partial charge is 0.288 e. The highest BCUT2D eigenvalue weighted by atomic mass is 32.1. The lowest BCUT2D eigenvalue weighted by molar-refractivity contribution is -0.119. The molecule has 0 saturated heterocycles. The molecule has 0 bridgehead atoms. The number of amides is 1. The van der Waals surface area contributed by atoms with Crippen LogP contribution in [-0.4, -0.2) is 17.4 Å². The van der Waals surface area contributed by atoms with Crippen molar-refractivity contribution in [1.82, 2.24) is 4.98 Å². The van der Waals surface area contributed by atoms with Crippen molar-refractivity contribution in [3.63, 3.8) is 0 Å². The molecular formula is C14H17FN2OS. The third-order valence-corrected chi connectivity index (χ3v) is 3.81. The molecule has 1 heterocycles. The number of hydrogen-bond donors (Lipinski definition) is 0. The average Bonchev–Trinajstić information content (AvgIpc) is 2.71. The van der Waals surface area contributed by atoms with Gasteiger partial charge in [-0.3, -0.25) is 9.69 Å². The summed E-state index contributed by atoms with van der Waals surface area (Å²) in [7, 11) is 0. The zero-order valence-electron chi connectivity index (χ0n) is 11.3. The van der Waals surface area contributed by atoms with Gasteiger partial charge in [0, 0.05) is 13.0 Å². The maximum atomic E-state index is 13.2. The van der Waals surface area contributed by atoms with E-state index in [1.54, 1.807) is 11.0 Å². The summed E-state index contributed by atoms with van der Waals surface area (Å²) in [6.07, 6.45) is 0.498. The Balaban J connectivity index is 2.32. The molecule has 5 heteroatoms. The summed E-state index contributed by atoms with van der Waals surface area (Å²) >= 11 is 1.35. The summed E-state index contributed by atoms with van der Waals surface area (Å²) in [6.45, 7) is 6.53. The first-order valence-electron chi connectivity index (χ1n) is 6.37. The molecule has 1 aromatic carbocycles. The summed E-state index contributed by atoms with van der Waals surface area (Å²) in [4.78, 5) is 18.2. The highest BCUT2D eigenvalue weighted by molar-refractivity contribution is 7.22. The van der Waals surface area contributed by atoms with E-state index in [9.17, 15) is 9.18 Å². The number of hydrogen-bond acceptors (Lipinski definition) is 3. The number of rotatable bonds is 4. The number of carbonyl (C=O) groups is 1. The SMILES string of the molecule is CCN(C(=O)CC(C)C)c1nc2ccc(F)cc2s1. The van der Waals surface area contributed by atoms with Crippen molar-refractivity contribution in [2.75, 3.05) is 11.4 Å². The molecule has 2 aromatic rings. The maximum Gasteiger partial charge on any atom is 0.229 e. The summed E-state index contributed by atoms with van der Waals surface area (Å²) in [5, 5.41) is 0.647. The van der Waals surface area contributed by atoms with Crippen LogP contribution in [0.15, 0.2) is 18.2 Å². The Morgan fingerprint density at radius 1 is 1.47 bits per heavy atom. The second-order valence-electron chi connectivity index (χ2n) is 4.84. The van der Waals surface area contributed by atoms with E-state index in [0.29, 0.717) is 24.0 Å². The Morgan fingerprint density at radius 3 is 2.84 bits per heavy atom. The molecule has 0 atom stereocenters. The van der Waals surface area contributed by atoms with E-state index < -0.39 is 0 Å². The van der Waals surface area contributed by atoms with E-state index in [1.807, 2.05) is 20.8 Å². The van der Waals surface area contributed by atoms with Crippen molar-refractivity contribution >= 4 is 32.6 Å². The number of thiazole rings is 1. The number of fused-ring (bicyclic) bond motifs is 1. The van der Waals surface area contributed by atoms with Crippen LogP contribution in [0, 0.1) is 11.7 Å². The predicted molar refractivity (Wildman–Crippen MR) is 77.1 cm³/mol. The van der Waals surface area contributed by atoms with Gasteiger partial charge in [-0.2, -0.15) is 0 Å². The van der Waals surface area contributed by atoms with Crippen LogP contribution in [0.2, 0.25) is 0 Å². The van der Waals surface area contributed by atoms with Crippen molar-refractivity contribution in [2.24, 2.45) is 5.92 Å². The van der Waals surface area contributed by atoms with Gasteiger partial charge in [-0.05, 0) is 31.0 Å². The molecule has 0 spiro atoms. The van der Waals surface area contributed by atoms with Crippen LogP contribution in [0.4, 0.5) is 9.52 Å². The van der Waals surface area contributed by atoms with Gasteiger partial charge >= 0.3 is 0 Å². The minimum absolute atomic E-state index is 0.0667. The van der Waals surface area contributed by atoms with Crippen LogP contribution < -0.4 is 4.90 Å². The predicted octanol–water partition coefficient (Wildman–Crippen LogP) is 3.83. The topological polar surface area (TPSA) is 33.2 Å². The number of nitrogens with zero attached hydrogens (tertiary/aromatic N) is 2. The van der Waals surface area contributed by atoms with Crippen LogP contribution in [-0.2, 0) is 4.79 Å². The second-order valence-corrected chi connectivity index (χ2v) is 5.85. The highest BCUT2D eigenvalue weighted by Crippen LogP contribution is 2.29. The smallest absolute Gasteiger partial charge is 0.229 e. The Bertz CT molecular complexity index is 594. The van der Waals surface area contributed by atoms with E-state index in [-0.39, 0.29) is 11.7 Å². The van der Waals surface area contributed by atoms with Crippen LogP contribution in [0.1, 0.15) is 27.2 Å². The van der Waals surface area contributed by atoms with Gasteiger partial charge in [0.2, 0.25) is 5.91 Å². The molecular weight excluding hydrogens is 263 g/mol. The molecule has 1 amide bonds. The highest BCUT2D eigenvalue weighted by Gasteiger charge is 2.18. The molecule has 2 rings (SSSR count). The van der Waals surface area contributed by atoms with Crippen LogP contribution in [0.3, 0.4) is 0 Å². The van der Waals surface area contributed by atoms with Crippen molar-refractivity contribution in [1.29, 1.82) is 0 Å². The van der Waals surface area contributed by atoms with Gasteiger partial charge in [0.1, 0.15) is 5.82 Å². The molecule has 0 radical (unpaired) electrons. The van der Waals surface area contributed by atoms with Crippen LogP contribution in [0.25, 0.3) is 10.2 Å². The zero-order chi connectivity index (χ0) is 14.0. The normalized spacial score (nSPS) is 11.2. The number of aromatic nitrogens is 1. The number of carbonyl (C=O) groups excluding carboxylic acids is 1. The van der Waals surface area contributed by atoms with Crippen molar-refractivity contribution in [2.45, 2.75) is 27.2 Å². The van der Waals surface area contributed by atoms with Gasteiger partial charge in [0.15, 0.2) is 5.13 Å². The lowest BCUT2D eigenvalue weighted by atomic mass is 10.1. The summed E-state index contributed by atoms with van der Waals surface area (Å²) in [6, 6.07) is 4.49. The summed E-state index contributed by atoms with van der Waals surface area (Å²) < 4.78 is 13.9. The average molecular weight is 280 g/mol. The standard InChI is InChI=1S/C14H17FN2OS/c1-4-17(13(18)7-9(2)3)14-16-11-6-5-10(15)8-12(11)19-14/h5-6,8-9H,4,7H2,1-3H3. The third-order valence-electron chi connectivity index (χ3n) is 2.77. The van der Waals surface area contributed by atoms with E-state index >= 15 is 0 Å². The monoisotopic (exact) mass is 280 g/mol.